The van der Waals surface area contributed by atoms with Gasteiger partial charge in [0.2, 0.25) is 0 Å². The van der Waals surface area contributed by atoms with Gasteiger partial charge in [-0.3, -0.25) is 4.98 Å². The molecule has 116 valence electrons. The Labute approximate surface area is 141 Å². The van der Waals surface area contributed by atoms with Crippen LogP contribution in [0.5, 0.6) is 0 Å². The Bertz CT molecular complexity index is 779. The summed E-state index contributed by atoms with van der Waals surface area (Å²) in [6.45, 7) is 0.911. The Morgan fingerprint density at radius 2 is 2.09 bits per heavy atom. The van der Waals surface area contributed by atoms with Gasteiger partial charge in [0.1, 0.15) is 0 Å². The average molecular weight is 320 g/mol. The number of rotatable bonds is 4. The zero-order chi connectivity index (χ0) is 15.5. The smallest absolute Gasteiger partial charge is 0.0346 e. The molecule has 0 amide bonds. The lowest BCUT2D eigenvalue weighted by molar-refractivity contribution is 0.463. The van der Waals surface area contributed by atoms with E-state index in [1.54, 1.807) is 4.88 Å². The number of aryl methyl sites for hydroxylation is 1. The summed E-state index contributed by atoms with van der Waals surface area (Å²) in [7, 11) is 0. The summed E-state index contributed by atoms with van der Waals surface area (Å²) in [4.78, 5) is 5.78. The largest absolute Gasteiger partial charge is 0.306 e. The second-order valence-corrected chi connectivity index (χ2v) is 7.07. The predicted molar refractivity (Wildman–Crippen MR) is 96.5 cm³/mol. The third-order valence-electron chi connectivity index (χ3n) is 4.53. The summed E-state index contributed by atoms with van der Waals surface area (Å²) in [6.07, 6.45) is 7.52. The quantitative estimate of drug-likeness (QED) is 0.733. The lowest BCUT2D eigenvalue weighted by Crippen LogP contribution is -2.23. The van der Waals surface area contributed by atoms with Crippen LogP contribution < -0.4 is 5.32 Å². The first kappa shape index (κ1) is 14.6. The number of nitrogens with one attached hydrogen (secondary N) is 1. The number of benzene rings is 1. The van der Waals surface area contributed by atoms with Crippen molar-refractivity contribution in [3.05, 3.63) is 76.2 Å². The van der Waals surface area contributed by atoms with E-state index in [0.29, 0.717) is 6.04 Å². The molecule has 0 radical (unpaired) electrons. The zero-order valence-corrected chi connectivity index (χ0v) is 13.9. The van der Waals surface area contributed by atoms with Gasteiger partial charge in [0.05, 0.1) is 0 Å². The van der Waals surface area contributed by atoms with E-state index in [9.17, 15) is 0 Å². The van der Waals surface area contributed by atoms with Gasteiger partial charge in [-0.2, -0.15) is 0 Å². The molecule has 1 aromatic carbocycles. The lowest BCUT2D eigenvalue weighted by atomic mass is 9.94. The highest BCUT2D eigenvalue weighted by Gasteiger charge is 2.20. The van der Waals surface area contributed by atoms with Crippen molar-refractivity contribution < 1.29 is 0 Å². The van der Waals surface area contributed by atoms with E-state index in [1.807, 2.05) is 29.8 Å². The Hall–Kier alpha value is -1.97. The average Bonchev–Trinajstić information content (AvgIpc) is 3.10. The molecule has 0 spiro atoms. The van der Waals surface area contributed by atoms with Crippen LogP contribution in [-0.4, -0.2) is 4.98 Å². The van der Waals surface area contributed by atoms with Gasteiger partial charge in [0.25, 0.3) is 0 Å². The van der Waals surface area contributed by atoms with E-state index >= 15 is 0 Å². The number of nitrogens with zero attached hydrogens (tertiary/aromatic N) is 1. The van der Waals surface area contributed by atoms with Gasteiger partial charge in [-0.1, -0.05) is 24.3 Å². The molecule has 1 aliphatic carbocycles. The highest BCUT2D eigenvalue weighted by Crippen LogP contribution is 2.33. The summed E-state index contributed by atoms with van der Waals surface area (Å²) in [5.41, 5.74) is 5.25. The first-order chi connectivity index (χ1) is 11.4. The van der Waals surface area contributed by atoms with E-state index in [4.69, 9.17) is 0 Å². The van der Waals surface area contributed by atoms with Crippen molar-refractivity contribution in [2.75, 3.05) is 0 Å². The lowest BCUT2D eigenvalue weighted by Gasteiger charge is -2.24. The summed E-state index contributed by atoms with van der Waals surface area (Å²) in [6, 6.07) is 15.6. The van der Waals surface area contributed by atoms with Crippen molar-refractivity contribution in [3.8, 4) is 11.1 Å². The molecule has 0 bridgehead atoms. The minimum Gasteiger partial charge on any atom is -0.306 e. The third kappa shape index (κ3) is 3.21. The van der Waals surface area contributed by atoms with Gasteiger partial charge >= 0.3 is 0 Å². The Morgan fingerprint density at radius 1 is 1.13 bits per heavy atom. The fraction of sp³-hybridized carbons (Fsp3) is 0.250. The van der Waals surface area contributed by atoms with Crippen LogP contribution in [0.15, 0.2) is 60.2 Å². The number of pyridine rings is 1. The highest BCUT2D eigenvalue weighted by atomic mass is 32.1. The van der Waals surface area contributed by atoms with Crippen LogP contribution in [0, 0.1) is 0 Å². The van der Waals surface area contributed by atoms with Crippen LogP contribution in [0.1, 0.15) is 34.9 Å². The van der Waals surface area contributed by atoms with Gasteiger partial charge in [-0.05, 0) is 65.1 Å². The fourth-order valence-corrected chi connectivity index (χ4v) is 4.32. The number of fused-ring (bicyclic) bond motifs is 1. The molecular weight excluding hydrogens is 300 g/mol. The topological polar surface area (TPSA) is 24.9 Å². The van der Waals surface area contributed by atoms with Gasteiger partial charge in [0.15, 0.2) is 0 Å². The molecular formula is C20H20N2S. The van der Waals surface area contributed by atoms with E-state index in [1.165, 1.54) is 41.5 Å². The second-order valence-electron chi connectivity index (χ2n) is 6.07. The van der Waals surface area contributed by atoms with E-state index in [-0.39, 0.29) is 0 Å². The summed E-state index contributed by atoms with van der Waals surface area (Å²) in [5, 5.41) is 5.98. The summed E-state index contributed by atoms with van der Waals surface area (Å²) < 4.78 is 0. The van der Waals surface area contributed by atoms with Crippen molar-refractivity contribution in [2.24, 2.45) is 0 Å². The second kappa shape index (κ2) is 6.65. The van der Waals surface area contributed by atoms with Crippen LogP contribution in [0.25, 0.3) is 11.1 Å². The van der Waals surface area contributed by atoms with Crippen molar-refractivity contribution in [2.45, 2.75) is 31.8 Å². The van der Waals surface area contributed by atoms with Crippen LogP contribution in [0.4, 0.5) is 0 Å². The molecule has 2 aromatic heterocycles. The summed E-state index contributed by atoms with van der Waals surface area (Å²) >= 11 is 1.90. The van der Waals surface area contributed by atoms with Gasteiger partial charge in [-0.15, -0.1) is 11.3 Å². The van der Waals surface area contributed by atoms with E-state index in [0.717, 1.165) is 6.54 Å². The molecule has 0 saturated carbocycles. The predicted octanol–water partition coefficient (Wildman–Crippen LogP) is 4.98. The SMILES string of the molecule is c1cncc(-c2cccc(CNC3CCCc4sccc43)c2)c1. The maximum Gasteiger partial charge on any atom is 0.0346 e. The maximum absolute atomic E-state index is 4.21. The van der Waals surface area contributed by atoms with Crippen molar-refractivity contribution >= 4 is 11.3 Å². The van der Waals surface area contributed by atoms with Crippen LogP contribution in [0.3, 0.4) is 0 Å². The fourth-order valence-electron chi connectivity index (χ4n) is 3.33. The van der Waals surface area contributed by atoms with Crippen molar-refractivity contribution in [1.29, 1.82) is 0 Å². The first-order valence-corrected chi connectivity index (χ1v) is 9.07. The molecule has 4 rings (SSSR count). The van der Waals surface area contributed by atoms with Crippen molar-refractivity contribution in [1.82, 2.24) is 10.3 Å². The number of hydrogen-bond acceptors (Lipinski definition) is 3. The molecule has 1 N–H and O–H groups in total. The minimum atomic E-state index is 0.507. The number of thiophene rings is 1. The van der Waals surface area contributed by atoms with Crippen molar-refractivity contribution in [3.63, 3.8) is 0 Å². The van der Waals surface area contributed by atoms with Crippen LogP contribution in [0.2, 0.25) is 0 Å². The Morgan fingerprint density at radius 3 is 3.00 bits per heavy atom. The molecule has 0 fully saturated rings. The van der Waals surface area contributed by atoms with Gasteiger partial charge in [-0.25, -0.2) is 0 Å². The van der Waals surface area contributed by atoms with Crippen LogP contribution >= 0.6 is 11.3 Å². The molecule has 1 atom stereocenters. The first-order valence-electron chi connectivity index (χ1n) is 8.19. The normalized spacial score (nSPS) is 17.0. The molecule has 1 unspecified atom stereocenters. The molecule has 0 saturated heterocycles. The molecule has 0 aliphatic heterocycles. The molecule has 2 heterocycles. The van der Waals surface area contributed by atoms with Crippen LogP contribution in [-0.2, 0) is 13.0 Å². The summed E-state index contributed by atoms with van der Waals surface area (Å²) in [5.74, 6) is 0. The number of hydrogen-bond donors (Lipinski definition) is 1. The Kier molecular flexibility index (Phi) is 4.22. The molecule has 1 aliphatic rings. The molecule has 2 nitrogen and oxygen atoms in total. The molecule has 3 heteroatoms. The standard InChI is InChI=1S/C20H20N2S/c1-4-15(12-16(5-1)17-6-3-10-21-14-17)13-22-19-7-2-8-20-18(19)9-11-23-20/h1,3-6,9-12,14,19,22H,2,7-8,13H2. The number of aromatic nitrogens is 1. The van der Waals surface area contributed by atoms with E-state index in [2.05, 4.69) is 52.1 Å². The molecule has 23 heavy (non-hydrogen) atoms. The van der Waals surface area contributed by atoms with E-state index < -0.39 is 0 Å². The van der Waals surface area contributed by atoms with Gasteiger partial charge in [0, 0.05) is 29.9 Å². The third-order valence-corrected chi connectivity index (χ3v) is 5.52. The zero-order valence-electron chi connectivity index (χ0n) is 13.0. The maximum atomic E-state index is 4.21. The molecule has 3 aromatic rings. The van der Waals surface area contributed by atoms with Gasteiger partial charge < -0.3 is 5.32 Å². The minimum absolute atomic E-state index is 0.507. The Balaban J connectivity index is 1.48. The monoisotopic (exact) mass is 320 g/mol. The highest BCUT2D eigenvalue weighted by molar-refractivity contribution is 7.10.